The zero-order valence-corrected chi connectivity index (χ0v) is 23.3. The topological polar surface area (TPSA) is 228 Å². The van der Waals surface area contributed by atoms with Crippen LogP contribution in [0.4, 0.5) is 0 Å². The second kappa shape index (κ2) is 365. The Morgan fingerprint density at radius 3 is 0.125 bits per heavy atom. The molecule has 0 saturated heterocycles. The summed E-state index contributed by atoms with van der Waals surface area (Å²) in [5, 5.41) is 0. The molecule has 6 radical (unpaired) electrons. The molecule has 0 spiro atoms. The fraction of sp³-hybridized carbons (Fsp3) is 0. The molecule has 0 saturated carbocycles. The Bertz CT molecular complexity index is 30.7. The van der Waals surface area contributed by atoms with Gasteiger partial charge in [-0.2, -0.15) is 0 Å². The maximum atomic E-state index is 0. The first kappa shape index (κ1) is 401. The molecule has 0 unspecified atom stereocenters. The fourth-order valence-corrected chi connectivity index (χ4v) is 0. The van der Waals surface area contributed by atoms with E-state index in [9.17, 15) is 0 Å². The van der Waals surface area contributed by atoms with Gasteiger partial charge in [0.1, 0.15) is 0 Å². The first-order chi connectivity index (χ1) is 0. The Labute approximate surface area is 340 Å². The van der Waals surface area contributed by atoms with Crippen molar-refractivity contribution < 1.29 is 308 Å². The van der Waals surface area contributed by atoms with Gasteiger partial charge in [-0.05, 0) is 0 Å². The van der Waals surface area contributed by atoms with E-state index in [1.54, 1.807) is 0 Å². The van der Waals surface area contributed by atoms with Crippen molar-refractivity contribution in [1.82, 2.24) is 0 Å². The van der Waals surface area contributed by atoms with Gasteiger partial charge in [0.05, 0.1) is 0 Å². The van der Waals surface area contributed by atoms with Gasteiger partial charge in [0.15, 0.2) is 0 Å². The molecule has 0 aliphatic heterocycles. The van der Waals surface area contributed by atoms with E-state index < -0.39 is 0 Å². The van der Waals surface area contributed by atoms with Crippen molar-refractivity contribution in [1.29, 1.82) is 0 Å². The molecule has 0 atom stereocenters. The van der Waals surface area contributed by atoms with Gasteiger partial charge < -0.3 is 43.8 Å². The van der Waals surface area contributed by atoms with Crippen molar-refractivity contribution in [2.45, 2.75) is 0 Å². The van der Waals surface area contributed by atoms with Gasteiger partial charge in [-0.1, -0.05) is 0 Å². The predicted octanol–water partition coefficient (Wildman–Crippen LogP) is -43.7. The molecule has 0 aromatic heterocycles. The molecule has 0 aliphatic carbocycles. The van der Waals surface area contributed by atoms with Crippen molar-refractivity contribution in [3.63, 3.8) is 0 Å². The van der Waals surface area contributed by atoms with Crippen LogP contribution >= 0.6 is 0 Å². The summed E-state index contributed by atoms with van der Waals surface area (Å²) in [5.41, 5.74) is 0. The van der Waals surface area contributed by atoms with Gasteiger partial charge in [-0.25, -0.2) is 0 Å². The number of hydrogen-bond donors (Lipinski definition) is 0. The van der Waals surface area contributed by atoms with E-state index in [0.717, 1.165) is 0 Å². The SMILES string of the molecule is [Ga].[Ga].[Li+].[Li+].[Li+].[Li+].[Li+].[Li+].[Li+].[Li+].[Li+].[Li+].[Li+].[Li+].[Li+].[Li+].[O-2].[O-2].[O-2].[O-2].[O-2].[O-2].[O-2].[O-2]. The van der Waals surface area contributed by atoms with Crippen LogP contribution in [0.3, 0.4) is 0 Å². The molecule has 8 nitrogen and oxygen atoms in total. The Morgan fingerprint density at radius 2 is 0.125 bits per heavy atom. The summed E-state index contributed by atoms with van der Waals surface area (Å²) in [4.78, 5) is 0. The van der Waals surface area contributed by atoms with Crippen LogP contribution in [0.5, 0.6) is 0 Å². The van der Waals surface area contributed by atoms with E-state index in [2.05, 4.69) is 0 Å². The van der Waals surface area contributed by atoms with Crippen LogP contribution in [-0.4, -0.2) is 39.6 Å². The van der Waals surface area contributed by atoms with Gasteiger partial charge in [0, 0.05) is 39.6 Å². The standard InChI is InChI=1S/2Ga.14Li.8O/q;;14*+1;8*-2. The normalized spacial score (nSPS) is 0. The third kappa shape index (κ3) is 332. The van der Waals surface area contributed by atoms with Crippen LogP contribution in [0.2, 0.25) is 0 Å². The quantitative estimate of drug-likeness (QED) is 0.364. The molecule has 24 heteroatoms. The van der Waals surface area contributed by atoms with E-state index in [1.165, 1.54) is 0 Å². The summed E-state index contributed by atoms with van der Waals surface area (Å²) in [6.07, 6.45) is 0. The van der Waals surface area contributed by atoms with Gasteiger partial charge in [0.25, 0.3) is 0 Å². The molecule has 70 valence electrons. The molecule has 0 fully saturated rings. The molecule has 0 aromatic rings. The minimum Gasteiger partial charge on any atom is -2.00 e. The summed E-state index contributed by atoms with van der Waals surface area (Å²) in [6.45, 7) is 0. The smallest absolute Gasteiger partial charge is 1.00 e. The van der Waals surface area contributed by atoms with E-state index in [1.807, 2.05) is 0 Å². The number of rotatable bonds is 0. The minimum atomic E-state index is 0. The molecule has 0 N–H and O–H groups in total. The molecule has 0 amide bonds. The second-order valence-corrected chi connectivity index (χ2v) is 0. The van der Waals surface area contributed by atoms with E-state index in [0.29, 0.717) is 0 Å². The Kier molecular flexibility index (Phi) is 6100. The third-order valence-corrected chi connectivity index (χ3v) is 0. The third-order valence-electron chi connectivity index (χ3n) is 0. The molecule has 24 heavy (non-hydrogen) atoms. The van der Waals surface area contributed by atoms with E-state index >= 15 is 0 Å². The average molecular weight is 365 g/mol. The predicted molar refractivity (Wildman–Crippen MR) is 17.0 cm³/mol. The summed E-state index contributed by atoms with van der Waals surface area (Å²) >= 11 is 0. The maximum absolute atomic E-state index is 0. The zero-order chi connectivity index (χ0) is 0. The molecular weight excluding hydrogens is 365 g/mol. The minimum absolute atomic E-state index is 0. The van der Waals surface area contributed by atoms with Crippen molar-refractivity contribution in [2.24, 2.45) is 0 Å². The van der Waals surface area contributed by atoms with Gasteiger partial charge in [0.2, 0.25) is 0 Å². The Balaban J connectivity index is 0. The summed E-state index contributed by atoms with van der Waals surface area (Å²) in [7, 11) is 0. The van der Waals surface area contributed by atoms with Crippen molar-refractivity contribution >= 4 is 39.6 Å². The maximum Gasteiger partial charge on any atom is 1.00 e. The fourth-order valence-electron chi connectivity index (χ4n) is 0. The summed E-state index contributed by atoms with van der Waals surface area (Å²) in [5.74, 6) is 0. The van der Waals surface area contributed by atoms with E-state index in [-0.39, 0.29) is 347 Å². The van der Waals surface area contributed by atoms with Crippen LogP contribution in [0.15, 0.2) is 0 Å². The van der Waals surface area contributed by atoms with Crippen molar-refractivity contribution in [3.8, 4) is 0 Å². The summed E-state index contributed by atoms with van der Waals surface area (Å²) < 4.78 is 0. The monoisotopic (exact) mass is 364 g/mol. The van der Waals surface area contributed by atoms with Crippen LogP contribution in [-0.2, 0) is 43.8 Å². The van der Waals surface area contributed by atoms with Gasteiger partial charge in [-0.15, -0.1) is 0 Å². The largest absolute Gasteiger partial charge is 2.00 e. The van der Waals surface area contributed by atoms with Crippen molar-refractivity contribution in [2.75, 3.05) is 0 Å². The van der Waals surface area contributed by atoms with Gasteiger partial charge in [-0.3, -0.25) is 0 Å². The number of hydrogen-bond acceptors (Lipinski definition) is 0. The molecule has 0 aromatic carbocycles. The first-order valence-corrected chi connectivity index (χ1v) is 0. The summed E-state index contributed by atoms with van der Waals surface area (Å²) in [6, 6.07) is 0. The molecule has 0 rings (SSSR count). The van der Waals surface area contributed by atoms with Crippen molar-refractivity contribution in [3.05, 3.63) is 0 Å². The van der Waals surface area contributed by atoms with Crippen LogP contribution in [0.25, 0.3) is 0 Å². The molecular formula is Ga2Li14O8-2. The average Bonchev–Trinajstić information content (AvgIpc) is 0. The van der Waals surface area contributed by atoms with Gasteiger partial charge >= 0.3 is 264 Å². The zero-order valence-electron chi connectivity index (χ0n) is 18.4. The van der Waals surface area contributed by atoms with Crippen LogP contribution < -0.4 is 264 Å². The molecule has 0 bridgehead atoms. The van der Waals surface area contributed by atoms with Crippen LogP contribution in [0, 0.1) is 0 Å². The molecule has 0 aliphatic rings. The Morgan fingerprint density at radius 1 is 0.125 bits per heavy atom. The second-order valence-electron chi connectivity index (χ2n) is 0. The van der Waals surface area contributed by atoms with E-state index in [4.69, 9.17) is 0 Å². The Hall–Kier alpha value is 9.32. The first-order valence-electron chi connectivity index (χ1n) is 0. The van der Waals surface area contributed by atoms with Crippen LogP contribution in [0.1, 0.15) is 0 Å². The molecule has 0 heterocycles.